The van der Waals surface area contributed by atoms with E-state index in [1.807, 2.05) is 12.1 Å². The molecule has 0 aliphatic heterocycles. The van der Waals surface area contributed by atoms with Gasteiger partial charge in [-0.3, -0.25) is 0 Å². The highest BCUT2D eigenvalue weighted by Crippen LogP contribution is 2.65. The topological polar surface area (TPSA) is 64.2 Å². The molecule has 0 bridgehead atoms. The summed E-state index contributed by atoms with van der Waals surface area (Å²) < 4.78 is 0. The zero-order chi connectivity index (χ0) is 17.1. The van der Waals surface area contributed by atoms with E-state index in [2.05, 4.69) is 18.9 Å². The molecule has 3 aliphatic carbocycles. The number of rotatable bonds is 0. The van der Waals surface area contributed by atoms with Crippen LogP contribution in [0.1, 0.15) is 49.7 Å². The molecule has 0 radical (unpaired) electrons. The molecule has 0 heterocycles. The molecule has 4 rings (SSSR count). The molecule has 1 aromatic rings. The number of benzene rings is 1. The number of aliphatic hydroxyl groups is 1. The lowest BCUT2D eigenvalue weighted by Crippen LogP contribution is -2.51. The van der Waals surface area contributed by atoms with Crippen molar-refractivity contribution in [2.24, 2.45) is 23.2 Å². The second-order valence-electron chi connectivity index (χ2n) is 8.11. The first kappa shape index (κ1) is 15.6. The summed E-state index contributed by atoms with van der Waals surface area (Å²) >= 11 is 0. The summed E-state index contributed by atoms with van der Waals surface area (Å²) in [6.07, 6.45) is 9.73. The van der Waals surface area contributed by atoms with Gasteiger partial charge < -0.3 is 10.2 Å². The van der Waals surface area contributed by atoms with Crippen LogP contribution in [0.4, 0.5) is 0 Å². The van der Waals surface area contributed by atoms with Crippen molar-refractivity contribution >= 4 is 0 Å². The third kappa shape index (κ3) is 1.83. The first-order chi connectivity index (χ1) is 11.4. The highest BCUT2D eigenvalue weighted by Gasteiger charge is 2.62. The Morgan fingerprint density at radius 1 is 1.29 bits per heavy atom. The molecule has 0 unspecified atom stereocenters. The van der Waals surface area contributed by atoms with Crippen LogP contribution in [0.5, 0.6) is 5.75 Å². The van der Waals surface area contributed by atoms with Gasteiger partial charge in [0, 0.05) is 5.41 Å². The maximum atomic E-state index is 11.0. The van der Waals surface area contributed by atoms with Gasteiger partial charge in [0.05, 0.1) is 12.0 Å². The van der Waals surface area contributed by atoms with Crippen LogP contribution in [0.3, 0.4) is 0 Å². The Labute approximate surface area is 143 Å². The number of fused-ring (bicyclic) bond motifs is 5. The van der Waals surface area contributed by atoms with Crippen molar-refractivity contribution in [2.75, 3.05) is 0 Å². The van der Waals surface area contributed by atoms with Crippen LogP contribution in [0.2, 0.25) is 0 Å². The summed E-state index contributed by atoms with van der Waals surface area (Å²) in [6, 6.07) is 8.12. The number of phenolic OH excluding ortho intramolecular Hbond substituents is 1. The lowest BCUT2D eigenvalue weighted by Gasteiger charge is -2.53. The molecule has 3 nitrogen and oxygen atoms in total. The van der Waals surface area contributed by atoms with Gasteiger partial charge in [0.25, 0.3) is 0 Å². The molecular weight excluding hydrogens is 298 g/mol. The standard InChI is InChI=1S/C21H23NO2/c1-3-21(24)9-7-18-19-14(12-22)10-13-11-15(23)4-5-16(13)17(19)6-8-20(18,21)2/h1,4-5,11,14,17-19,23-24H,6-10H2,2H3/t14-,17+,18-,19+,20-,21-/m0/s1. The minimum Gasteiger partial charge on any atom is -0.508 e. The molecule has 0 amide bonds. The van der Waals surface area contributed by atoms with Gasteiger partial charge in [0.2, 0.25) is 0 Å². The number of phenols is 1. The Bertz CT molecular complexity index is 773. The quantitative estimate of drug-likeness (QED) is 0.720. The number of hydrogen-bond acceptors (Lipinski definition) is 3. The van der Waals surface area contributed by atoms with Gasteiger partial charge in [0.15, 0.2) is 0 Å². The molecule has 2 N–H and O–H groups in total. The fourth-order valence-electron chi connectivity index (χ4n) is 6.01. The molecule has 2 saturated carbocycles. The van der Waals surface area contributed by atoms with Gasteiger partial charge in [-0.05, 0) is 73.1 Å². The third-order valence-electron chi connectivity index (χ3n) is 7.32. The largest absolute Gasteiger partial charge is 0.508 e. The number of aromatic hydroxyl groups is 1. The molecule has 2 fully saturated rings. The number of terminal acetylenes is 1. The van der Waals surface area contributed by atoms with Crippen LogP contribution in [-0.4, -0.2) is 15.8 Å². The summed E-state index contributed by atoms with van der Waals surface area (Å²) in [6.45, 7) is 2.13. The molecule has 3 aliphatic rings. The normalized spacial score (nSPS) is 43.0. The predicted molar refractivity (Wildman–Crippen MR) is 91.0 cm³/mol. The van der Waals surface area contributed by atoms with Crippen LogP contribution in [0.25, 0.3) is 0 Å². The Balaban J connectivity index is 1.80. The van der Waals surface area contributed by atoms with Gasteiger partial charge in [-0.15, -0.1) is 6.42 Å². The summed E-state index contributed by atoms with van der Waals surface area (Å²) in [5, 5.41) is 30.6. The third-order valence-corrected chi connectivity index (χ3v) is 7.32. The highest BCUT2D eigenvalue weighted by atomic mass is 16.3. The lowest BCUT2D eigenvalue weighted by atomic mass is 9.51. The first-order valence-corrected chi connectivity index (χ1v) is 8.85. The zero-order valence-electron chi connectivity index (χ0n) is 14.0. The molecule has 124 valence electrons. The van der Waals surface area contributed by atoms with E-state index in [9.17, 15) is 15.5 Å². The second-order valence-corrected chi connectivity index (χ2v) is 8.11. The monoisotopic (exact) mass is 321 g/mol. The summed E-state index contributed by atoms with van der Waals surface area (Å²) in [4.78, 5) is 0. The van der Waals surface area contributed by atoms with Gasteiger partial charge in [0.1, 0.15) is 11.4 Å². The van der Waals surface area contributed by atoms with E-state index in [1.165, 1.54) is 5.56 Å². The zero-order valence-corrected chi connectivity index (χ0v) is 14.0. The van der Waals surface area contributed by atoms with Gasteiger partial charge in [-0.25, -0.2) is 0 Å². The van der Waals surface area contributed by atoms with Crippen LogP contribution >= 0.6 is 0 Å². The first-order valence-electron chi connectivity index (χ1n) is 8.85. The maximum Gasteiger partial charge on any atom is 0.130 e. The number of hydrogen-bond donors (Lipinski definition) is 2. The summed E-state index contributed by atoms with van der Waals surface area (Å²) in [5.74, 6) is 3.73. The van der Waals surface area contributed by atoms with Crippen molar-refractivity contribution < 1.29 is 10.2 Å². The van der Waals surface area contributed by atoms with E-state index in [1.54, 1.807) is 6.07 Å². The van der Waals surface area contributed by atoms with Crippen molar-refractivity contribution in [3.05, 3.63) is 29.3 Å². The smallest absolute Gasteiger partial charge is 0.130 e. The molecule has 0 spiro atoms. The van der Waals surface area contributed by atoms with E-state index in [0.29, 0.717) is 18.8 Å². The Morgan fingerprint density at radius 2 is 2.08 bits per heavy atom. The average molecular weight is 321 g/mol. The minimum absolute atomic E-state index is 0.0750. The van der Waals surface area contributed by atoms with E-state index in [-0.39, 0.29) is 28.9 Å². The van der Waals surface area contributed by atoms with E-state index in [0.717, 1.165) is 24.8 Å². The van der Waals surface area contributed by atoms with Crippen molar-refractivity contribution in [1.82, 2.24) is 0 Å². The van der Waals surface area contributed by atoms with Crippen LogP contribution in [0.15, 0.2) is 18.2 Å². The molecule has 1 aromatic carbocycles. The molecule has 24 heavy (non-hydrogen) atoms. The number of nitrogens with zero attached hydrogens (tertiary/aromatic N) is 1. The van der Waals surface area contributed by atoms with Crippen LogP contribution in [-0.2, 0) is 6.42 Å². The van der Waals surface area contributed by atoms with Crippen molar-refractivity contribution in [3.8, 4) is 24.2 Å². The molecule has 6 atom stereocenters. The molecule has 3 heteroatoms. The molecule has 0 aromatic heterocycles. The summed E-state index contributed by atoms with van der Waals surface area (Å²) in [7, 11) is 0. The van der Waals surface area contributed by atoms with E-state index in [4.69, 9.17) is 6.42 Å². The lowest BCUT2D eigenvalue weighted by molar-refractivity contribution is -0.0704. The van der Waals surface area contributed by atoms with Crippen LogP contribution < -0.4 is 0 Å². The number of nitriles is 1. The van der Waals surface area contributed by atoms with Crippen molar-refractivity contribution in [2.45, 2.75) is 50.5 Å². The molecular formula is C21H23NO2. The van der Waals surface area contributed by atoms with E-state index < -0.39 is 5.60 Å². The molecule has 0 saturated heterocycles. The fraction of sp³-hybridized carbons (Fsp3) is 0.571. The summed E-state index contributed by atoms with van der Waals surface area (Å²) in [5.41, 5.74) is 1.05. The SMILES string of the molecule is C#C[C@]1(O)CC[C@H]2[C@@H]3[C@H](C#N)Cc4cc(O)ccc4[C@H]3CC[C@@]21C. The van der Waals surface area contributed by atoms with Gasteiger partial charge in [-0.1, -0.05) is 18.9 Å². The average Bonchev–Trinajstić information content (AvgIpc) is 2.85. The predicted octanol–water partition coefficient (Wildman–Crippen LogP) is 3.36. The Hall–Kier alpha value is -1.97. The van der Waals surface area contributed by atoms with E-state index >= 15 is 0 Å². The highest BCUT2D eigenvalue weighted by molar-refractivity contribution is 5.42. The van der Waals surface area contributed by atoms with Crippen molar-refractivity contribution in [1.29, 1.82) is 5.26 Å². The Morgan fingerprint density at radius 3 is 2.79 bits per heavy atom. The van der Waals surface area contributed by atoms with Crippen LogP contribution in [0, 0.1) is 46.8 Å². The maximum absolute atomic E-state index is 11.0. The fourth-order valence-corrected chi connectivity index (χ4v) is 6.01. The Kier molecular flexibility index (Phi) is 3.25. The van der Waals surface area contributed by atoms with Gasteiger partial charge in [-0.2, -0.15) is 5.26 Å². The minimum atomic E-state index is -1.04. The van der Waals surface area contributed by atoms with Crippen molar-refractivity contribution in [3.63, 3.8) is 0 Å². The van der Waals surface area contributed by atoms with Gasteiger partial charge >= 0.3 is 0 Å². The second kappa shape index (κ2) is 5.01.